The standard InChI is InChI=1S/C12H8ClN3OS/c13-8-3-1-2-7(6-8)9-4-5-10(17-9)11-15-16-12(14)18-11/h1-6H,(H2,14,16). The van der Waals surface area contributed by atoms with Gasteiger partial charge in [-0.25, -0.2) is 0 Å². The van der Waals surface area contributed by atoms with E-state index in [-0.39, 0.29) is 0 Å². The zero-order chi connectivity index (χ0) is 12.5. The molecule has 6 heteroatoms. The molecule has 2 aromatic heterocycles. The first-order valence-electron chi connectivity index (χ1n) is 5.17. The van der Waals surface area contributed by atoms with Crippen LogP contribution in [0.5, 0.6) is 0 Å². The number of nitrogen functional groups attached to an aromatic ring is 1. The highest BCUT2D eigenvalue weighted by Crippen LogP contribution is 2.31. The summed E-state index contributed by atoms with van der Waals surface area (Å²) >= 11 is 7.23. The predicted molar refractivity (Wildman–Crippen MR) is 72.5 cm³/mol. The molecule has 0 fully saturated rings. The second-order valence-corrected chi connectivity index (χ2v) is 5.07. The summed E-state index contributed by atoms with van der Waals surface area (Å²) in [5, 5.41) is 9.45. The Morgan fingerprint density at radius 1 is 1.11 bits per heavy atom. The number of rotatable bonds is 2. The van der Waals surface area contributed by atoms with Crippen molar-refractivity contribution in [1.82, 2.24) is 10.2 Å². The van der Waals surface area contributed by atoms with Crippen LogP contribution in [0, 0.1) is 0 Å². The summed E-state index contributed by atoms with van der Waals surface area (Å²) in [6.45, 7) is 0. The predicted octanol–water partition coefficient (Wildman–Crippen LogP) is 3.70. The van der Waals surface area contributed by atoms with Crippen LogP contribution < -0.4 is 5.73 Å². The van der Waals surface area contributed by atoms with E-state index in [2.05, 4.69) is 10.2 Å². The molecule has 0 amide bonds. The molecule has 2 N–H and O–H groups in total. The van der Waals surface area contributed by atoms with Crippen LogP contribution in [0.1, 0.15) is 0 Å². The Hall–Kier alpha value is -1.85. The number of aromatic nitrogens is 2. The van der Waals surface area contributed by atoms with E-state index in [0.29, 0.717) is 20.9 Å². The molecular formula is C12H8ClN3OS. The number of hydrogen-bond acceptors (Lipinski definition) is 5. The van der Waals surface area contributed by atoms with E-state index >= 15 is 0 Å². The van der Waals surface area contributed by atoms with Crippen molar-refractivity contribution >= 4 is 28.1 Å². The van der Waals surface area contributed by atoms with E-state index in [4.69, 9.17) is 21.8 Å². The van der Waals surface area contributed by atoms with Gasteiger partial charge in [-0.1, -0.05) is 35.1 Å². The number of nitrogens with zero attached hydrogens (tertiary/aromatic N) is 2. The SMILES string of the molecule is Nc1nnc(-c2ccc(-c3cccc(Cl)c3)o2)s1. The summed E-state index contributed by atoms with van der Waals surface area (Å²) in [5.74, 6) is 1.39. The molecule has 90 valence electrons. The van der Waals surface area contributed by atoms with E-state index in [1.807, 2.05) is 36.4 Å². The number of nitrogens with two attached hydrogens (primary N) is 1. The molecule has 2 heterocycles. The van der Waals surface area contributed by atoms with E-state index in [1.165, 1.54) is 11.3 Å². The minimum atomic E-state index is 0.422. The quantitative estimate of drug-likeness (QED) is 0.776. The maximum Gasteiger partial charge on any atom is 0.203 e. The maximum absolute atomic E-state index is 5.94. The molecule has 0 aliphatic rings. The van der Waals surface area contributed by atoms with Gasteiger partial charge in [-0.15, -0.1) is 10.2 Å². The number of hydrogen-bond donors (Lipinski definition) is 1. The highest BCUT2D eigenvalue weighted by Gasteiger charge is 2.10. The van der Waals surface area contributed by atoms with Gasteiger partial charge in [0.2, 0.25) is 5.13 Å². The summed E-state index contributed by atoms with van der Waals surface area (Å²) < 4.78 is 5.72. The van der Waals surface area contributed by atoms with E-state index < -0.39 is 0 Å². The lowest BCUT2D eigenvalue weighted by Gasteiger charge is -1.96. The molecule has 0 spiro atoms. The fourth-order valence-corrected chi connectivity index (χ4v) is 2.35. The number of halogens is 1. The molecule has 0 aliphatic carbocycles. The van der Waals surface area contributed by atoms with Crippen molar-refractivity contribution in [3.05, 3.63) is 41.4 Å². The van der Waals surface area contributed by atoms with Gasteiger partial charge in [-0.05, 0) is 24.3 Å². The van der Waals surface area contributed by atoms with E-state index in [0.717, 1.165) is 11.3 Å². The Morgan fingerprint density at radius 2 is 1.94 bits per heavy atom. The third-order valence-electron chi connectivity index (χ3n) is 2.37. The van der Waals surface area contributed by atoms with Gasteiger partial charge in [0.25, 0.3) is 0 Å². The van der Waals surface area contributed by atoms with Crippen molar-refractivity contribution in [2.24, 2.45) is 0 Å². The van der Waals surface area contributed by atoms with Crippen molar-refractivity contribution in [2.45, 2.75) is 0 Å². The normalized spacial score (nSPS) is 10.7. The smallest absolute Gasteiger partial charge is 0.203 e. The molecular weight excluding hydrogens is 270 g/mol. The van der Waals surface area contributed by atoms with Crippen LogP contribution in [0.4, 0.5) is 5.13 Å². The van der Waals surface area contributed by atoms with Crippen molar-refractivity contribution in [3.63, 3.8) is 0 Å². The first-order valence-corrected chi connectivity index (χ1v) is 6.37. The second kappa shape index (κ2) is 4.44. The average Bonchev–Trinajstić information content (AvgIpc) is 2.97. The lowest BCUT2D eigenvalue weighted by molar-refractivity contribution is 0.596. The highest BCUT2D eigenvalue weighted by atomic mass is 35.5. The molecule has 18 heavy (non-hydrogen) atoms. The lowest BCUT2D eigenvalue weighted by atomic mass is 10.2. The van der Waals surface area contributed by atoms with E-state index in [9.17, 15) is 0 Å². The third-order valence-corrected chi connectivity index (χ3v) is 3.37. The highest BCUT2D eigenvalue weighted by molar-refractivity contribution is 7.18. The Morgan fingerprint density at radius 3 is 2.67 bits per heavy atom. The Labute approximate surface area is 112 Å². The van der Waals surface area contributed by atoms with Crippen LogP contribution in [0.15, 0.2) is 40.8 Å². The Kier molecular flexibility index (Phi) is 2.77. The first-order chi connectivity index (χ1) is 8.72. The summed E-state index contributed by atoms with van der Waals surface area (Å²) in [5.41, 5.74) is 6.46. The zero-order valence-corrected chi connectivity index (χ0v) is 10.7. The summed E-state index contributed by atoms with van der Waals surface area (Å²) in [7, 11) is 0. The van der Waals surface area contributed by atoms with Gasteiger partial charge in [0.15, 0.2) is 10.8 Å². The second-order valence-electron chi connectivity index (χ2n) is 3.62. The van der Waals surface area contributed by atoms with Gasteiger partial charge < -0.3 is 10.2 Å². The fourth-order valence-electron chi connectivity index (χ4n) is 1.58. The van der Waals surface area contributed by atoms with Gasteiger partial charge in [-0.2, -0.15) is 0 Å². The molecule has 0 unspecified atom stereocenters. The third kappa shape index (κ3) is 2.10. The van der Waals surface area contributed by atoms with Crippen LogP contribution in [-0.4, -0.2) is 10.2 Å². The Bertz CT molecular complexity index is 692. The fraction of sp³-hybridized carbons (Fsp3) is 0. The molecule has 0 aliphatic heterocycles. The monoisotopic (exact) mass is 277 g/mol. The minimum Gasteiger partial charge on any atom is -0.453 e. The number of benzene rings is 1. The van der Waals surface area contributed by atoms with Crippen LogP contribution in [0.3, 0.4) is 0 Å². The maximum atomic E-state index is 5.94. The Balaban J connectivity index is 1.99. The van der Waals surface area contributed by atoms with Crippen LogP contribution in [0.2, 0.25) is 5.02 Å². The van der Waals surface area contributed by atoms with Gasteiger partial charge in [0.05, 0.1) is 0 Å². The van der Waals surface area contributed by atoms with Crippen molar-refractivity contribution in [3.8, 4) is 22.1 Å². The molecule has 3 rings (SSSR count). The molecule has 0 saturated carbocycles. The van der Waals surface area contributed by atoms with Gasteiger partial charge in [-0.3, -0.25) is 0 Å². The summed E-state index contributed by atoms with van der Waals surface area (Å²) in [4.78, 5) is 0. The van der Waals surface area contributed by atoms with Crippen LogP contribution in [0.25, 0.3) is 22.1 Å². The zero-order valence-electron chi connectivity index (χ0n) is 9.13. The minimum absolute atomic E-state index is 0.422. The first kappa shape index (κ1) is 11.3. The molecule has 0 saturated heterocycles. The van der Waals surface area contributed by atoms with Crippen molar-refractivity contribution in [1.29, 1.82) is 0 Å². The number of furan rings is 1. The van der Waals surface area contributed by atoms with Gasteiger partial charge >= 0.3 is 0 Å². The molecule has 0 radical (unpaired) electrons. The summed E-state index contributed by atoms with van der Waals surface area (Å²) in [6, 6.07) is 11.2. The van der Waals surface area contributed by atoms with Crippen LogP contribution >= 0.6 is 22.9 Å². The molecule has 3 aromatic rings. The largest absolute Gasteiger partial charge is 0.453 e. The van der Waals surface area contributed by atoms with Crippen LogP contribution in [-0.2, 0) is 0 Å². The van der Waals surface area contributed by atoms with Gasteiger partial charge in [0.1, 0.15) is 5.76 Å². The molecule has 4 nitrogen and oxygen atoms in total. The van der Waals surface area contributed by atoms with E-state index in [1.54, 1.807) is 0 Å². The lowest BCUT2D eigenvalue weighted by Crippen LogP contribution is -1.79. The molecule has 0 atom stereocenters. The molecule has 0 bridgehead atoms. The molecule has 1 aromatic carbocycles. The van der Waals surface area contributed by atoms with Crippen molar-refractivity contribution in [2.75, 3.05) is 5.73 Å². The topological polar surface area (TPSA) is 64.9 Å². The summed E-state index contributed by atoms with van der Waals surface area (Å²) in [6.07, 6.45) is 0. The van der Waals surface area contributed by atoms with Gasteiger partial charge in [0, 0.05) is 10.6 Å². The average molecular weight is 278 g/mol. The van der Waals surface area contributed by atoms with Crippen molar-refractivity contribution < 1.29 is 4.42 Å². The number of anilines is 1.